The molecule has 0 amide bonds. The Bertz CT molecular complexity index is 1230. The molecule has 0 fully saturated rings. The monoisotopic (exact) mass is 461 g/mol. The van der Waals surface area contributed by atoms with Crippen molar-refractivity contribution >= 4 is 26.1 Å². The Balaban J connectivity index is 1.69. The molecule has 0 saturated heterocycles. The minimum Gasteiger partial charge on any atom is -0.489 e. The highest BCUT2D eigenvalue weighted by Gasteiger charge is 2.45. The number of ether oxygens (including phenoxy) is 1. The van der Waals surface area contributed by atoms with Gasteiger partial charge in [0, 0.05) is 17.7 Å². The molecule has 0 saturated carbocycles. The molecule has 2 N–H and O–H groups in total. The van der Waals surface area contributed by atoms with Gasteiger partial charge in [-0.1, -0.05) is 24.3 Å². The Morgan fingerprint density at radius 1 is 1.00 bits per heavy atom. The molecule has 3 aromatic carbocycles. The van der Waals surface area contributed by atoms with Crippen molar-refractivity contribution in [1.29, 1.82) is 0 Å². The van der Waals surface area contributed by atoms with E-state index in [1.807, 2.05) is 0 Å². The van der Waals surface area contributed by atoms with Gasteiger partial charge in [-0.2, -0.15) is 10.6 Å². The number of fused-ring (bicyclic) bond motifs is 1. The van der Waals surface area contributed by atoms with Gasteiger partial charge in [0.05, 0.1) is 20.5 Å². The van der Waals surface area contributed by atoms with Crippen LogP contribution in [0.2, 0.25) is 0 Å². The van der Waals surface area contributed by atoms with Crippen LogP contribution in [0.1, 0.15) is 16.4 Å². The molecular weight excluding hydrogens is 442 g/mol. The van der Waals surface area contributed by atoms with Crippen LogP contribution in [0.4, 0.5) is 5.69 Å². The van der Waals surface area contributed by atoms with Gasteiger partial charge in [0.25, 0.3) is 5.69 Å². The van der Waals surface area contributed by atoms with Crippen molar-refractivity contribution in [3.8, 4) is 5.75 Å². The Morgan fingerprint density at radius 3 is 2.32 bits per heavy atom. The van der Waals surface area contributed by atoms with Crippen molar-refractivity contribution in [2.45, 2.75) is 21.6 Å². The van der Waals surface area contributed by atoms with Crippen LogP contribution >= 0.6 is 10.6 Å². The van der Waals surface area contributed by atoms with Crippen LogP contribution in [0.3, 0.4) is 0 Å². The first-order valence-electron chi connectivity index (χ1n) is 9.24. The molecule has 1 heterocycles. The van der Waals surface area contributed by atoms with E-state index >= 15 is 0 Å². The number of hydrogen-bond donors (Lipinski definition) is 2. The smallest absolute Gasteiger partial charge is 0.269 e. The lowest BCUT2D eigenvalue weighted by molar-refractivity contribution is -0.384. The Morgan fingerprint density at radius 2 is 1.68 bits per heavy atom. The van der Waals surface area contributed by atoms with E-state index in [1.165, 1.54) is 30.3 Å². The SMILES string of the molecule is O=[N+]([O-])c1ccc(COc2cccc3c2C(S(=O)(=O)c2ccccc2)CS3(O)O)cc1. The second-order valence-electron chi connectivity index (χ2n) is 7.06. The zero-order chi connectivity index (χ0) is 22.2. The van der Waals surface area contributed by atoms with Crippen LogP contribution in [-0.2, 0) is 16.4 Å². The zero-order valence-corrected chi connectivity index (χ0v) is 17.8. The van der Waals surface area contributed by atoms with Crippen LogP contribution in [0.15, 0.2) is 82.6 Å². The van der Waals surface area contributed by atoms with E-state index in [1.54, 1.807) is 42.5 Å². The number of nitro groups is 1. The lowest BCUT2D eigenvalue weighted by Crippen LogP contribution is -2.16. The molecule has 1 aliphatic rings. The molecular formula is C21H19NO7S2. The number of rotatable bonds is 6. The number of benzene rings is 3. The Labute approximate surface area is 180 Å². The zero-order valence-electron chi connectivity index (χ0n) is 16.1. The maximum atomic E-state index is 13.3. The van der Waals surface area contributed by atoms with Crippen molar-refractivity contribution in [2.24, 2.45) is 0 Å². The second-order valence-corrected chi connectivity index (χ2v) is 11.3. The highest BCUT2D eigenvalue weighted by Crippen LogP contribution is 2.63. The fourth-order valence-electron chi connectivity index (χ4n) is 3.53. The lowest BCUT2D eigenvalue weighted by atomic mass is 10.1. The van der Waals surface area contributed by atoms with E-state index < -0.39 is 30.6 Å². The largest absolute Gasteiger partial charge is 0.489 e. The van der Waals surface area contributed by atoms with Gasteiger partial charge in [-0.05, 0) is 42.0 Å². The standard InChI is InChI=1S/C21H19NO7S2/c23-22(24)16-11-9-15(10-12-16)13-29-18-7-4-8-19-21(18)20(14-30(19,25)26)31(27,28)17-5-2-1-3-6-17/h1-12,20,25-26H,13-14H2. The van der Waals surface area contributed by atoms with Gasteiger partial charge in [-0.15, -0.1) is 0 Å². The lowest BCUT2D eigenvalue weighted by Gasteiger charge is -2.27. The topological polar surface area (TPSA) is 127 Å². The van der Waals surface area contributed by atoms with Gasteiger partial charge in [-0.3, -0.25) is 19.2 Å². The molecule has 1 atom stereocenters. The number of nitro benzene ring substituents is 1. The first kappa shape index (κ1) is 21.3. The number of non-ortho nitro benzene ring substituents is 1. The van der Waals surface area contributed by atoms with Crippen LogP contribution in [0.5, 0.6) is 5.75 Å². The third-order valence-corrected chi connectivity index (χ3v) is 9.22. The van der Waals surface area contributed by atoms with E-state index in [-0.39, 0.29) is 39.2 Å². The first-order valence-corrected chi connectivity index (χ1v) is 12.5. The second kappa shape index (κ2) is 7.97. The molecule has 0 aromatic heterocycles. The summed E-state index contributed by atoms with van der Waals surface area (Å²) in [5.74, 6) is -0.102. The van der Waals surface area contributed by atoms with E-state index in [4.69, 9.17) is 4.74 Å². The minimum absolute atomic E-state index is 0.0335. The molecule has 4 rings (SSSR count). The predicted octanol–water partition coefficient (Wildman–Crippen LogP) is 4.81. The quantitative estimate of drug-likeness (QED) is 0.398. The van der Waals surface area contributed by atoms with Gasteiger partial charge in [0.15, 0.2) is 9.84 Å². The molecule has 0 radical (unpaired) electrons. The van der Waals surface area contributed by atoms with Gasteiger partial charge < -0.3 is 4.74 Å². The molecule has 3 aromatic rings. The Kier molecular flexibility index (Phi) is 5.48. The highest BCUT2D eigenvalue weighted by atomic mass is 32.3. The maximum absolute atomic E-state index is 13.3. The van der Waals surface area contributed by atoms with Gasteiger partial charge in [0.2, 0.25) is 0 Å². The molecule has 8 nitrogen and oxygen atoms in total. The fourth-order valence-corrected chi connectivity index (χ4v) is 7.97. The summed E-state index contributed by atoms with van der Waals surface area (Å²) in [6, 6.07) is 18.3. The maximum Gasteiger partial charge on any atom is 0.269 e. The van der Waals surface area contributed by atoms with E-state index in [0.717, 1.165) is 0 Å². The van der Waals surface area contributed by atoms with Gasteiger partial charge >= 0.3 is 0 Å². The molecule has 0 aliphatic carbocycles. The van der Waals surface area contributed by atoms with Gasteiger partial charge in [-0.25, -0.2) is 8.42 Å². The molecule has 31 heavy (non-hydrogen) atoms. The normalized spacial score (nSPS) is 18.2. The summed E-state index contributed by atoms with van der Waals surface area (Å²) in [5, 5.41) is 9.64. The first-order chi connectivity index (χ1) is 14.7. The number of nitrogens with zero attached hydrogens (tertiary/aromatic N) is 1. The van der Waals surface area contributed by atoms with Crippen molar-refractivity contribution in [3.63, 3.8) is 0 Å². The number of hydrogen-bond acceptors (Lipinski definition) is 7. The van der Waals surface area contributed by atoms with Gasteiger partial charge in [0.1, 0.15) is 17.6 Å². The average molecular weight is 462 g/mol. The molecule has 10 heteroatoms. The van der Waals surface area contributed by atoms with Crippen molar-refractivity contribution in [3.05, 3.63) is 94.0 Å². The average Bonchev–Trinajstić information content (AvgIpc) is 3.05. The molecule has 1 aliphatic heterocycles. The summed E-state index contributed by atoms with van der Waals surface area (Å²) < 4.78 is 53.6. The Hall–Kier alpha value is -2.92. The van der Waals surface area contributed by atoms with E-state index in [2.05, 4.69) is 0 Å². The third kappa shape index (κ3) is 4.02. The highest BCUT2D eigenvalue weighted by molar-refractivity contribution is 8.25. The number of sulfone groups is 1. The van der Waals surface area contributed by atoms with E-state index in [9.17, 15) is 27.6 Å². The molecule has 0 spiro atoms. The van der Waals surface area contributed by atoms with Crippen LogP contribution < -0.4 is 4.74 Å². The molecule has 162 valence electrons. The summed E-state index contributed by atoms with van der Waals surface area (Å²) in [6.45, 7) is 0.0335. The van der Waals surface area contributed by atoms with E-state index in [0.29, 0.717) is 5.56 Å². The molecule has 0 bridgehead atoms. The summed E-state index contributed by atoms with van der Waals surface area (Å²) in [7, 11) is -7.20. The predicted molar refractivity (Wildman–Crippen MR) is 116 cm³/mol. The van der Waals surface area contributed by atoms with Crippen LogP contribution in [0, 0.1) is 10.1 Å². The summed E-state index contributed by atoms with van der Waals surface area (Å²) >= 11 is 0. The third-order valence-electron chi connectivity index (χ3n) is 5.07. The van der Waals surface area contributed by atoms with Crippen molar-refractivity contribution in [1.82, 2.24) is 0 Å². The fraction of sp³-hybridized carbons (Fsp3) is 0.143. The van der Waals surface area contributed by atoms with Crippen LogP contribution in [-0.4, -0.2) is 28.2 Å². The minimum atomic E-state index is -3.90. The molecule has 1 unspecified atom stereocenters. The van der Waals surface area contributed by atoms with Crippen molar-refractivity contribution < 1.29 is 27.2 Å². The van der Waals surface area contributed by atoms with Crippen molar-refractivity contribution in [2.75, 3.05) is 5.75 Å². The summed E-state index contributed by atoms with van der Waals surface area (Å²) in [5.41, 5.74) is 0.843. The summed E-state index contributed by atoms with van der Waals surface area (Å²) in [4.78, 5) is 10.6. The summed E-state index contributed by atoms with van der Waals surface area (Å²) in [6.07, 6.45) is 0. The van der Waals surface area contributed by atoms with Crippen LogP contribution in [0.25, 0.3) is 0 Å².